The van der Waals surface area contributed by atoms with E-state index in [1.54, 1.807) is 12.4 Å². The molecule has 6 heteroatoms. The molecule has 1 fully saturated rings. The molecule has 6 nitrogen and oxygen atoms in total. The standard InChI is InChI=1S/C18H24N6/c1-22-8-4-5-14(18(22)16-11-21-24(3)13-16)12-23(2)17-6-7-20-10-15(17)9-19/h6-7,10-11,13-14,18H,4-5,8,12H2,1-3H3/t14-,18+/m0/s1. The van der Waals surface area contributed by atoms with E-state index in [2.05, 4.69) is 46.2 Å². The van der Waals surface area contributed by atoms with Crippen LogP contribution in [-0.2, 0) is 7.05 Å². The Hall–Kier alpha value is -2.39. The summed E-state index contributed by atoms with van der Waals surface area (Å²) in [6, 6.07) is 4.52. The van der Waals surface area contributed by atoms with Crippen molar-refractivity contribution >= 4 is 5.69 Å². The van der Waals surface area contributed by atoms with Gasteiger partial charge in [0.15, 0.2) is 0 Å². The lowest BCUT2D eigenvalue weighted by Gasteiger charge is -2.40. The summed E-state index contributed by atoms with van der Waals surface area (Å²) in [6.45, 7) is 2.01. The molecule has 3 rings (SSSR count). The van der Waals surface area contributed by atoms with Crippen LogP contribution in [0.5, 0.6) is 0 Å². The van der Waals surface area contributed by atoms with Crippen molar-refractivity contribution in [2.24, 2.45) is 13.0 Å². The summed E-state index contributed by atoms with van der Waals surface area (Å²) >= 11 is 0. The molecule has 3 heterocycles. The Morgan fingerprint density at radius 2 is 2.21 bits per heavy atom. The van der Waals surface area contributed by atoms with Crippen molar-refractivity contribution in [2.75, 3.05) is 32.1 Å². The SMILES string of the molecule is CN(C[C@@H]1CCCN(C)[C@H]1c1cnn(C)c1)c1ccncc1C#N. The van der Waals surface area contributed by atoms with Gasteiger partial charge in [0.1, 0.15) is 6.07 Å². The molecule has 0 aliphatic carbocycles. The maximum atomic E-state index is 9.31. The van der Waals surface area contributed by atoms with E-state index in [9.17, 15) is 5.26 Å². The number of hydrogen-bond donors (Lipinski definition) is 0. The van der Waals surface area contributed by atoms with Crippen LogP contribution in [0.1, 0.15) is 30.0 Å². The number of anilines is 1. The van der Waals surface area contributed by atoms with E-state index in [1.807, 2.05) is 24.0 Å². The summed E-state index contributed by atoms with van der Waals surface area (Å²) in [5.41, 5.74) is 2.85. The lowest BCUT2D eigenvalue weighted by atomic mass is 9.85. The van der Waals surface area contributed by atoms with Crippen LogP contribution in [0.15, 0.2) is 30.9 Å². The number of aryl methyl sites for hydroxylation is 1. The molecule has 126 valence electrons. The zero-order chi connectivity index (χ0) is 17.1. The molecule has 2 atom stereocenters. The molecule has 1 aliphatic heterocycles. The number of rotatable bonds is 4. The van der Waals surface area contributed by atoms with Gasteiger partial charge < -0.3 is 4.90 Å². The number of nitrogens with zero attached hydrogens (tertiary/aromatic N) is 6. The van der Waals surface area contributed by atoms with Gasteiger partial charge in [-0.25, -0.2) is 0 Å². The zero-order valence-electron chi connectivity index (χ0n) is 14.6. The molecule has 0 aromatic carbocycles. The van der Waals surface area contributed by atoms with Crippen LogP contribution in [0.25, 0.3) is 0 Å². The lowest BCUT2D eigenvalue weighted by Crippen LogP contribution is -2.41. The van der Waals surface area contributed by atoms with E-state index in [0.29, 0.717) is 17.5 Å². The quantitative estimate of drug-likeness (QED) is 0.863. The van der Waals surface area contributed by atoms with E-state index < -0.39 is 0 Å². The Bertz CT molecular complexity index is 731. The average Bonchev–Trinajstić information content (AvgIpc) is 3.00. The Morgan fingerprint density at radius 1 is 1.38 bits per heavy atom. The summed E-state index contributed by atoms with van der Waals surface area (Å²) in [6.07, 6.45) is 9.86. The average molecular weight is 324 g/mol. The fourth-order valence-corrected chi connectivity index (χ4v) is 3.83. The second-order valence-electron chi connectivity index (χ2n) is 6.66. The van der Waals surface area contributed by atoms with Crippen molar-refractivity contribution in [1.29, 1.82) is 5.26 Å². The van der Waals surface area contributed by atoms with Crippen molar-refractivity contribution in [1.82, 2.24) is 19.7 Å². The third kappa shape index (κ3) is 3.26. The van der Waals surface area contributed by atoms with Crippen molar-refractivity contribution in [3.05, 3.63) is 42.0 Å². The topological polar surface area (TPSA) is 61.0 Å². The number of likely N-dealkylation sites (tertiary alicyclic amines) is 1. The fraction of sp³-hybridized carbons (Fsp3) is 0.500. The highest BCUT2D eigenvalue weighted by molar-refractivity contribution is 5.57. The number of pyridine rings is 1. The minimum absolute atomic E-state index is 0.363. The molecule has 2 aromatic heterocycles. The highest BCUT2D eigenvalue weighted by atomic mass is 15.3. The summed E-state index contributed by atoms with van der Waals surface area (Å²) in [5.74, 6) is 0.498. The zero-order valence-corrected chi connectivity index (χ0v) is 14.6. The van der Waals surface area contributed by atoms with Gasteiger partial charge in [-0.3, -0.25) is 14.6 Å². The van der Waals surface area contributed by atoms with E-state index >= 15 is 0 Å². The van der Waals surface area contributed by atoms with Gasteiger partial charge in [0.05, 0.1) is 17.4 Å². The van der Waals surface area contributed by atoms with Gasteiger partial charge in [-0.05, 0) is 38.4 Å². The van der Waals surface area contributed by atoms with Gasteiger partial charge in [-0.2, -0.15) is 10.4 Å². The van der Waals surface area contributed by atoms with Crippen LogP contribution in [0.3, 0.4) is 0 Å². The molecule has 0 N–H and O–H groups in total. The van der Waals surface area contributed by atoms with E-state index in [-0.39, 0.29) is 0 Å². The molecular formula is C18H24N6. The van der Waals surface area contributed by atoms with Crippen LogP contribution >= 0.6 is 0 Å². The normalized spacial score (nSPS) is 21.4. The number of nitriles is 1. The lowest BCUT2D eigenvalue weighted by molar-refractivity contribution is 0.124. The van der Waals surface area contributed by atoms with Gasteiger partial charge in [0.25, 0.3) is 0 Å². The molecule has 1 aliphatic rings. The van der Waals surface area contributed by atoms with Gasteiger partial charge in [-0.1, -0.05) is 0 Å². The summed E-state index contributed by atoms with van der Waals surface area (Å²) in [5, 5.41) is 13.7. The molecular weight excluding hydrogens is 300 g/mol. The number of hydrogen-bond acceptors (Lipinski definition) is 5. The minimum atomic E-state index is 0.363. The van der Waals surface area contributed by atoms with Gasteiger partial charge in [0, 0.05) is 50.8 Å². The van der Waals surface area contributed by atoms with Crippen molar-refractivity contribution in [3.63, 3.8) is 0 Å². The smallest absolute Gasteiger partial charge is 0.103 e. The molecule has 0 saturated carbocycles. The first kappa shape index (κ1) is 16.5. The Labute approximate surface area is 143 Å². The second-order valence-corrected chi connectivity index (χ2v) is 6.66. The van der Waals surface area contributed by atoms with E-state index in [4.69, 9.17) is 0 Å². The highest BCUT2D eigenvalue weighted by Crippen LogP contribution is 2.36. The fourth-order valence-electron chi connectivity index (χ4n) is 3.83. The maximum absolute atomic E-state index is 9.31. The molecule has 0 spiro atoms. The number of aromatic nitrogens is 3. The predicted molar refractivity (Wildman–Crippen MR) is 93.5 cm³/mol. The van der Waals surface area contributed by atoms with Gasteiger partial charge in [-0.15, -0.1) is 0 Å². The molecule has 0 unspecified atom stereocenters. The van der Waals surface area contributed by atoms with Crippen molar-refractivity contribution < 1.29 is 0 Å². The largest absolute Gasteiger partial charge is 0.373 e. The summed E-state index contributed by atoms with van der Waals surface area (Å²) in [4.78, 5) is 8.67. The Morgan fingerprint density at radius 3 is 2.92 bits per heavy atom. The molecule has 0 bridgehead atoms. The van der Waals surface area contributed by atoms with Crippen LogP contribution < -0.4 is 4.90 Å². The first-order valence-corrected chi connectivity index (χ1v) is 8.34. The monoisotopic (exact) mass is 324 g/mol. The third-order valence-corrected chi connectivity index (χ3v) is 4.91. The number of piperidine rings is 1. The van der Waals surface area contributed by atoms with Crippen LogP contribution in [0.4, 0.5) is 5.69 Å². The summed E-state index contributed by atoms with van der Waals surface area (Å²) in [7, 11) is 6.21. The van der Waals surface area contributed by atoms with E-state index in [1.165, 1.54) is 18.4 Å². The first-order valence-electron chi connectivity index (χ1n) is 8.34. The van der Waals surface area contributed by atoms with Crippen LogP contribution in [0.2, 0.25) is 0 Å². The highest BCUT2D eigenvalue weighted by Gasteiger charge is 2.32. The first-order chi connectivity index (χ1) is 11.6. The predicted octanol–water partition coefficient (Wildman–Crippen LogP) is 2.21. The Balaban J connectivity index is 1.82. The maximum Gasteiger partial charge on any atom is 0.103 e. The van der Waals surface area contributed by atoms with Gasteiger partial charge >= 0.3 is 0 Å². The van der Waals surface area contributed by atoms with Crippen molar-refractivity contribution in [2.45, 2.75) is 18.9 Å². The molecule has 1 saturated heterocycles. The van der Waals surface area contributed by atoms with E-state index in [0.717, 1.165) is 18.8 Å². The minimum Gasteiger partial charge on any atom is -0.373 e. The molecule has 24 heavy (non-hydrogen) atoms. The van der Waals surface area contributed by atoms with Crippen LogP contribution in [-0.4, -0.2) is 46.8 Å². The van der Waals surface area contributed by atoms with Crippen LogP contribution in [0, 0.1) is 17.2 Å². The third-order valence-electron chi connectivity index (χ3n) is 4.91. The second kappa shape index (κ2) is 7.02. The molecule has 2 aromatic rings. The Kier molecular flexibility index (Phi) is 4.81. The molecule has 0 radical (unpaired) electrons. The summed E-state index contributed by atoms with van der Waals surface area (Å²) < 4.78 is 1.87. The van der Waals surface area contributed by atoms with Gasteiger partial charge in [0.2, 0.25) is 0 Å². The van der Waals surface area contributed by atoms with Crippen molar-refractivity contribution in [3.8, 4) is 6.07 Å². The molecule has 0 amide bonds.